The van der Waals surface area contributed by atoms with Crippen LogP contribution in [0.1, 0.15) is 13.8 Å². The Kier molecular flexibility index (Phi) is 8.27. The molecule has 140 valence electrons. The van der Waals surface area contributed by atoms with Crippen LogP contribution in [0.4, 0.5) is 28.6 Å². The number of diazo groups is 1. The molecule has 0 spiro atoms. The third-order valence-corrected chi connectivity index (χ3v) is 3.10. The molecule has 1 fully saturated rings. The van der Waals surface area contributed by atoms with Gasteiger partial charge in [0.2, 0.25) is 11.1 Å². The zero-order valence-corrected chi connectivity index (χ0v) is 14.1. The summed E-state index contributed by atoms with van der Waals surface area (Å²) in [4.78, 5) is 5.46. The molecule has 0 atom stereocenters. The highest BCUT2D eigenvalue weighted by atomic mass is 19.5. The highest BCUT2D eigenvalue weighted by Gasteiger charge is 2.24. The number of anilines is 1. The van der Waals surface area contributed by atoms with Crippen molar-refractivity contribution in [1.29, 1.82) is 5.39 Å². The van der Waals surface area contributed by atoms with E-state index in [-0.39, 0.29) is 0 Å². The van der Waals surface area contributed by atoms with Gasteiger partial charge in [-0.25, -0.2) is 0 Å². The van der Waals surface area contributed by atoms with E-state index in [1.807, 2.05) is 19.9 Å². The van der Waals surface area contributed by atoms with Crippen molar-refractivity contribution in [2.45, 2.75) is 13.8 Å². The van der Waals surface area contributed by atoms with Crippen LogP contribution < -0.4 is 14.4 Å². The average molecular weight is 365 g/mol. The minimum Gasteiger partial charge on any atom is -0.491 e. The molecule has 1 saturated heterocycles. The topological polar surface area (TPSA) is 59.1 Å². The van der Waals surface area contributed by atoms with E-state index >= 15 is 0 Å². The van der Waals surface area contributed by atoms with Crippen molar-refractivity contribution < 1.29 is 31.5 Å². The van der Waals surface area contributed by atoms with Crippen LogP contribution in [0.25, 0.3) is 4.98 Å². The molecule has 6 nitrogen and oxygen atoms in total. The van der Waals surface area contributed by atoms with E-state index in [2.05, 4.69) is 9.88 Å². The van der Waals surface area contributed by atoms with Crippen LogP contribution in [0.5, 0.6) is 11.5 Å². The predicted octanol–water partition coefficient (Wildman–Crippen LogP) is 4.11. The van der Waals surface area contributed by atoms with Gasteiger partial charge in [0.15, 0.2) is 10.7 Å². The number of rotatable bonds is 5. The molecule has 0 aliphatic carbocycles. The van der Waals surface area contributed by atoms with Crippen molar-refractivity contribution in [3.63, 3.8) is 0 Å². The van der Waals surface area contributed by atoms with Gasteiger partial charge in [-0.15, -0.1) is 0 Å². The molecule has 1 heterocycles. The van der Waals surface area contributed by atoms with Gasteiger partial charge in [-0.2, -0.15) is 0 Å². The first kappa shape index (κ1) is 20.8. The van der Waals surface area contributed by atoms with E-state index in [0.29, 0.717) is 43.6 Å². The van der Waals surface area contributed by atoms with Crippen LogP contribution in [0.3, 0.4) is 0 Å². The molecule has 1 aromatic rings. The van der Waals surface area contributed by atoms with Crippen LogP contribution in [0, 0.1) is 5.39 Å². The first-order valence-electron chi connectivity index (χ1n) is 7.78. The zero-order valence-electron chi connectivity index (χ0n) is 14.1. The lowest BCUT2D eigenvalue weighted by Gasteiger charge is -2.30. The Labute approximate surface area is 143 Å². The van der Waals surface area contributed by atoms with Crippen molar-refractivity contribution >= 4 is 18.6 Å². The van der Waals surface area contributed by atoms with Gasteiger partial charge in [0.05, 0.1) is 38.2 Å². The fourth-order valence-corrected chi connectivity index (χ4v) is 2.21. The predicted molar refractivity (Wildman–Crippen MR) is 86.7 cm³/mol. The van der Waals surface area contributed by atoms with Gasteiger partial charge < -0.3 is 36.4 Å². The highest BCUT2D eigenvalue weighted by molar-refractivity contribution is 6.50. The summed E-state index contributed by atoms with van der Waals surface area (Å²) in [5.41, 5.74) is 1.33. The molecule has 1 aromatic carbocycles. The van der Waals surface area contributed by atoms with Crippen LogP contribution >= 0.6 is 0 Å². The first-order chi connectivity index (χ1) is 11.8. The van der Waals surface area contributed by atoms with Crippen molar-refractivity contribution in [2.75, 3.05) is 44.4 Å². The molecule has 1 aliphatic heterocycles. The molecule has 0 aromatic heterocycles. The molecule has 0 unspecified atom stereocenters. The molecule has 11 heteroatoms. The molecule has 0 saturated carbocycles. The number of hydrogen-bond donors (Lipinski definition) is 0. The Hall–Kier alpha value is -2.22. The molecule has 0 radical (unpaired) electrons. The highest BCUT2D eigenvalue weighted by Crippen LogP contribution is 2.40. The van der Waals surface area contributed by atoms with E-state index in [0.717, 1.165) is 18.8 Å². The molecular weight excluding hydrogens is 345 g/mol. The minimum absolute atomic E-state index is 0.382. The van der Waals surface area contributed by atoms with Crippen molar-refractivity contribution in [1.82, 2.24) is 0 Å². The third-order valence-electron chi connectivity index (χ3n) is 3.10. The fourth-order valence-electron chi connectivity index (χ4n) is 2.21. The maximum atomic E-state index is 9.75. The summed E-state index contributed by atoms with van der Waals surface area (Å²) in [5.74, 6) is 1.26. The summed E-state index contributed by atoms with van der Waals surface area (Å²) in [6, 6.07) is 3.58. The Morgan fingerprint density at radius 2 is 1.60 bits per heavy atom. The van der Waals surface area contributed by atoms with Crippen molar-refractivity contribution in [3.8, 4) is 11.5 Å². The van der Waals surface area contributed by atoms with Crippen LogP contribution in [0.15, 0.2) is 12.1 Å². The summed E-state index contributed by atoms with van der Waals surface area (Å²) < 4.78 is 55.6. The standard InChI is InChI=1S/C14H20N3O3.BF4/c1-3-19-13-10-12(17-5-7-18-8-6-17)14(20-4-2)9-11(13)16-15;2-1(3,4)5/h9-10H,3-8H2,1-2H3;/q+1;-1. The molecule has 2 rings (SSSR count). The summed E-state index contributed by atoms with van der Waals surface area (Å²) in [5, 5.41) is 9.09. The molecule has 1 aliphatic rings. The fraction of sp³-hybridized carbons (Fsp3) is 0.571. The van der Waals surface area contributed by atoms with Gasteiger partial charge in [-0.3, -0.25) is 0 Å². The Balaban J connectivity index is 0.000000550. The summed E-state index contributed by atoms with van der Waals surface area (Å²) in [6.45, 7) is 7.89. The Bertz CT molecular complexity index is 584. The van der Waals surface area contributed by atoms with Gasteiger partial charge in [-0.05, 0) is 13.8 Å². The number of ether oxygens (including phenoxy) is 3. The van der Waals surface area contributed by atoms with Gasteiger partial charge >= 0.3 is 12.9 Å². The second-order valence-corrected chi connectivity index (χ2v) is 4.85. The van der Waals surface area contributed by atoms with E-state index in [1.54, 1.807) is 6.07 Å². The molecule has 0 amide bonds. The molecule has 25 heavy (non-hydrogen) atoms. The monoisotopic (exact) mass is 365 g/mol. The SMILES string of the molecule is CCOc1cc(N2CCOCC2)c(OCC)cc1[N+]#N.F[B-](F)(F)F. The minimum atomic E-state index is -6.00. The average Bonchev–Trinajstić information content (AvgIpc) is 2.55. The molecule has 0 N–H and O–H groups in total. The van der Waals surface area contributed by atoms with Crippen molar-refractivity contribution in [3.05, 3.63) is 17.1 Å². The molecular formula is C14H20BF4N3O3. The Morgan fingerprint density at radius 3 is 2.08 bits per heavy atom. The van der Waals surface area contributed by atoms with Gasteiger partial charge in [-0.1, -0.05) is 0 Å². The third kappa shape index (κ3) is 7.47. The second-order valence-electron chi connectivity index (χ2n) is 4.85. The van der Waals surface area contributed by atoms with E-state index in [4.69, 9.17) is 19.6 Å². The zero-order chi connectivity index (χ0) is 18.9. The lowest BCUT2D eigenvalue weighted by atomic mass is 10.2. The van der Waals surface area contributed by atoms with Crippen LogP contribution in [0.2, 0.25) is 0 Å². The lowest BCUT2D eigenvalue weighted by molar-refractivity contribution is 0.122. The second kappa shape index (κ2) is 9.93. The summed E-state index contributed by atoms with van der Waals surface area (Å²) in [6.07, 6.45) is 0. The van der Waals surface area contributed by atoms with Gasteiger partial charge in [0.25, 0.3) is 0 Å². The summed E-state index contributed by atoms with van der Waals surface area (Å²) in [7, 11) is -6.00. The van der Waals surface area contributed by atoms with Crippen LogP contribution in [-0.4, -0.2) is 46.8 Å². The number of halogens is 4. The van der Waals surface area contributed by atoms with E-state index in [1.165, 1.54) is 0 Å². The van der Waals surface area contributed by atoms with Crippen molar-refractivity contribution in [2.24, 2.45) is 0 Å². The summed E-state index contributed by atoms with van der Waals surface area (Å²) >= 11 is 0. The smallest absolute Gasteiger partial charge is 0.491 e. The molecule has 0 bridgehead atoms. The first-order valence-corrected chi connectivity index (χ1v) is 7.78. The number of nitrogens with zero attached hydrogens (tertiary/aromatic N) is 3. The largest absolute Gasteiger partial charge is 0.673 e. The van der Waals surface area contributed by atoms with Gasteiger partial charge in [0, 0.05) is 19.2 Å². The normalized spacial score (nSPS) is 14.2. The number of hydrogen-bond acceptors (Lipinski definition) is 5. The van der Waals surface area contributed by atoms with Gasteiger partial charge in [0.1, 0.15) is 0 Å². The van der Waals surface area contributed by atoms with Crippen LogP contribution in [-0.2, 0) is 4.74 Å². The lowest BCUT2D eigenvalue weighted by Crippen LogP contribution is -2.36. The van der Waals surface area contributed by atoms with E-state index < -0.39 is 7.25 Å². The number of morpholine rings is 1. The number of benzene rings is 1. The van der Waals surface area contributed by atoms with E-state index in [9.17, 15) is 17.3 Å². The maximum absolute atomic E-state index is 9.75. The Morgan fingerprint density at radius 1 is 1.08 bits per heavy atom. The quantitative estimate of drug-likeness (QED) is 0.447. The maximum Gasteiger partial charge on any atom is 0.673 e.